The number of hydrogen-bond acceptors (Lipinski definition) is 3. The third-order valence-electron chi connectivity index (χ3n) is 3.97. The van der Waals surface area contributed by atoms with Crippen LogP contribution in [-0.4, -0.2) is 40.9 Å². The summed E-state index contributed by atoms with van der Waals surface area (Å²) in [5.41, 5.74) is 1.43. The molecule has 0 radical (unpaired) electrons. The molecule has 0 bridgehead atoms. The van der Waals surface area contributed by atoms with Crippen LogP contribution in [0.2, 0.25) is 0 Å². The Morgan fingerprint density at radius 3 is 2.54 bits per heavy atom. The van der Waals surface area contributed by atoms with Crippen LogP contribution in [0.25, 0.3) is 0 Å². The number of carboxylic acids is 1. The minimum Gasteiger partial charge on any atom is -0.479 e. The molecule has 1 aromatic rings. The van der Waals surface area contributed by atoms with Crippen molar-refractivity contribution in [2.45, 2.75) is 39.7 Å². The molecule has 1 unspecified atom stereocenters. The predicted molar refractivity (Wildman–Crippen MR) is 89.3 cm³/mol. The van der Waals surface area contributed by atoms with E-state index in [0.717, 1.165) is 5.56 Å². The van der Waals surface area contributed by atoms with Crippen LogP contribution < -0.4 is 5.32 Å². The molecule has 0 fully saturated rings. The van der Waals surface area contributed by atoms with Crippen LogP contribution >= 0.6 is 0 Å². The standard InChI is InChI=1S/C18H24N2O4/c1-18(2,3)10-14(21)19-11-15(22)20-9-8-12-6-4-5-7-13(12)16(20)17(23)24/h4-7,16H,8-11H2,1-3H3,(H,19,21)(H,23,24). The van der Waals surface area contributed by atoms with Crippen molar-refractivity contribution in [3.63, 3.8) is 0 Å². The van der Waals surface area contributed by atoms with Crippen LogP contribution in [-0.2, 0) is 20.8 Å². The van der Waals surface area contributed by atoms with E-state index in [-0.39, 0.29) is 23.8 Å². The highest BCUT2D eigenvalue weighted by atomic mass is 16.4. The Bertz CT molecular complexity index is 649. The molecule has 0 spiro atoms. The number of rotatable bonds is 4. The number of carboxylic acid groups (broad SMARTS) is 1. The Labute approximate surface area is 141 Å². The minimum atomic E-state index is -1.06. The summed E-state index contributed by atoms with van der Waals surface area (Å²) >= 11 is 0. The molecule has 1 atom stereocenters. The van der Waals surface area contributed by atoms with Gasteiger partial charge in [-0.05, 0) is 23.0 Å². The van der Waals surface area contributed by atoms with Gasteiger partial charge in [-0.2, -0.15) is 0 Å². The van der Waals surface area contributed by atoms with Crippen molar-refractivity contribution in [1.29, 1.82) is 0 Å². The second-order valence-corrected chi connectivity index (χ2v) is 7.29. The molecule has 2 rings (SSSR count). The molecular weight excluding hydrogens is 308 g/mol. The number of benzene rings is 1. The molecule has 0 aromatic heterocycles. The van der Waals surface area contributed by atoms with Gasteiger partial charge in [-0.1, -0.05) is 45.0 Å². The van der Waals surface area contributed by atoms with Crippen molar-refractivity contribution in [1.82, 2.24) is 10.2 Å². The van der Waals surface area contributed by atoms with Crippen molar-refractivity contribution in [2.75, 3.05) is 13.1 Å². The third-order valence-corrected chi connectivity index (χ3v) is 3.97. The third kappa shape index (κ3) is 4.34. The summed E-state index contributed by atoms with van der Waals surface area (Å²) in [6, 6.07) is 6.27. The first kappa shape index (κ1) is 18.0. The zero-order chi connectivity index (χ0) is 17.9. The van der Waals surface area contributed by atoms with Crippen LogP contribution in [0.15, 0.2) is 24.3 Å². The van der Waals surface area contributed by atoms with Crippen LogP contribution in [0, 0.1) is 5.41 Å². The maximum Gasteiger partial charge on any atom is 0.331 e. The van der Waals surface area contributed by atoms with Gasteiger partial charge < -0.3 is 15.3 Å². The van der Waals surface area contributed by atoms with E-state index >= 15 is 0 Å². The summed E-state index contributed by atoms with van der Waals surface area (Å²) in [6.45, 7) is 5.98. The molecule has 24 heavy (non-hydrogen) atoms. The number of nitrogens with zero attached hydrogens (tertiary/aromatic N) is 1. The number of fused-ring (bicyclic) bond motifs is 1. The Kier molecular flexibility index (Phi) is 5.26. The Hall–Kier alpha value is -2.37. The van der Waals surface area contributed by atoms with Crippen molar-refractivity contribution in [3.8, 4) is 0 Å². The normalized spacial score (nSPS) is 17.1. The van der Waals surface area contributed by atoms with Gasteiger partial charge in [0.25, 0.3) is 0 Å². The molecule has 0 aliphatic carbocycles. The SMILES string of the molecule is CC(C)(C)CC(=O)NCC(=O)N1CCc2ccccc2C1C(=O)O. The fourth-order valence-electron chi connectivity index (χ4n) is 2.92. The first-order chi connectivity index (χ1) is 11.2. The average molecular weight is 332 g/mol. The van der Waals surface area contributed by atoms with Gasteiger partial charge in [0.15, 0.2) is 6.04 Å². The van der Waals surface area contributed by atoms with Gasteiger partial charge in [-0.25, -0.2) is 4.79 Å². The lowest BCUT2D eigenvalue weighted by atomic mass is 9.92. The second kappa shape index (κ2) is 7.03. The lowest BCUT2D eigenvalue weighted by molar-refractivity contribution is -0.151. The lowest BCUT2D eigenvalue weighted by Gasteiger charge is -2.34. The van der Waals surface area contributed by atoms with Gasteiger partial charge in [0.2, 0.25) is 11.8 Å². The molecule has 6 nitrogen and oxygen atoms in total. The van der Waals surface area contributed by atoms with Crippen molar-refractivity contribution in [2.24, 2.45) is 5.41 Å². The highest BCUT2D eigenvalue weighted by molar-refractivity contribution is 5.89. The number of aliphatic carboxylic acids is 1. The molecule has 0 saturated carbocycles. The van der Waals surface area contributed by atoms with E-state index < -0.39 is 12.0 Å². The number of amides is 2. The van der Waals surface area contributed by atoms with Crippen LogP contribution in [0.4, 0.5) is 0 Å². The number of carbonyl (C=O) groups excluding carboxylic acids is 2. The van der Waals surface area contributed by atoms with E-state index in [1.54, 1.807) is 12.1 Å². The van der Waals surface area contributed by atoms with Crippen molar-refractivity contribution < 1.29 is 19.5 Å². The monoisotopic (exact) mass is 332 g/mol. The van der Waals surface area contributed by atoms with Gasteiger partial charge in [0.05, 0.1) is 6.54 Å². The molecule has 1 aliphatic rings. The maximum atomic E-state index is 12.4. The average Bonchev–Trinajstić information content (AvgIpc) is 2.49. The summed E-state index contributed by atoms with van der Waals surface area (Å²) in [7, 11) is 0. The Balaban J connectivity index is 2.06. The maximum absolute atomic E-state index is 12.4. The summed E-state index contributed by atoms with van der Waals surface area (Å²) in [6.07, 6.45) is 0.924. The molecule has 1 heterocycles. The molecule has 2 amide bonds. The molecule has 1 aliphatic heterocycles. The molecule has 2 N–H and O–H groups in total. The number of carbonyl (C=O) groups is 3. The van der Waals surface area contributed by atoms with Crippen molar-refractivity contribution >= 4 is 17.8 Å². The summed E-state index contributed by atoms with van der Waals surface area (Å²) < 4.78 is 0. The second-order valence-electron chi connectivity index (χ2n) is 7.29. The molecule has 0 saturated heterocycles. The van der Waals surface area contributed by atoms with E-state index in [1.165, 1.54) is 4.90 Å². The zero-order valence-corrected chi connectivity index (χ0v) is 14.3. The molecule has 6 heteroatoms. The topological polar surface area (TPSA) is 86.7 Å². The smallest absolute Gasteiger partial charge is 0.331 e. The van der Waals surface area contributed by atoms with E-state index in [2.05, 4.69) is 5.32 Å². The van der Waals surface area contributed by atoms with E-state index in [0.29, 0.717) is 24.9 Å². The highest BCUT2D eigenvalue weighted by Gasteiger charge is 2.35. The molecule has 1 aromatic carbocycles. The fourth-order valence-corrected chi connectivity index (χ4v) is 2.92. The van der Waals surface area contributed by atoms with Gasteiger partial charge in [-0.15, -0.1) is 0 Å². The van der Waals surface area contributed by atoms with E-state index in [9.17, 15) is 19.5 Å². The summed E-state index contributed by atoms with van der Waals surface area (Å²) in [5, 5.41) is 12.1. The number of hydrogen-bond donors (Lipinski definition) is 2. The quantitative estimate of drug-likeness (QED) is 0.879. The Morgan fingerprint density at radius 2 is 1.92 bits per heavy atom. The van der Waals surface area contributed by atoms with Crippen molar-refractivity contribution in [3.05, 3.63) is 35.4 Å². The van der Waals surface area contributed by atoms with Crippen LogP contribution in [0.5, 0.6) is 0 Å². The first-order valence-corrected chi connectivity index (χ1v) is 8.06. The van der Waals surface area contributed by atoms with Gasteiger partial charge in [-0.3, -0.25) is 9.59 Å². The minimum absolute atomic E-state index is 0.166. The summed E-state index contributed by atoms with van der Waals surface area (Å²) in [5.74, 6) is -1.64. The van der Waals surface area contributed by atoms with Crippen LogP contribution in [0.1, 0.15) is 44.4 Å². The van der Waals surface area contributed by atoms with E-state index in [4.69, 9.17) is 0 Å². The molecular formula is C18H24N2O4. The lowest BCUT2D eigenvalue weighted by Crippen LogP contribution is -2.47. The van der Waals surface area contributed by atoms with Gasteiger partial charge in [0, 0.05) is 13.0 Å². The van der Waals surface area contributed by atoms with Crippen LogP contribution in [0.3, 0.4) is 0 Å². The highest BCUT2D eigenvalue weighted by Crippen LogP contribution is 2.29. The number of nitrogens with one attached hydrogen (secondary N) is 1. The largest absolute Gasteiger partial charge is 0.479 e. The first-order valence-electron chi connectivity index (χ1n) is 8.06. The zero-order valence-electron chi connectivity index (χ0n) is 14.3. The van der Waals surface area contributed by atoms with Gasteiger partial charge >= 0.3 is 5.97 Å². The van der Waals surface area contributed by atoms with Gasteiger partial charge in [0.1, 0.15) is 0 Å². The summed E-state index contributed by atoms with van der Waals surface area (Å²) in [4.78, 5) is 37.3. The molecule has 130 valence electrons. The Morgan fingerprint density at radius 1 is 1.25 bits per heavy atom. The fraction of sp³-hybridized carbons (Fsp3) is 0.500. The van der Waals surface area contributed by atoms with E-state index in [1.807, 2.05) is 32.9 Å². The predicted octanol–water partition coefficient (Wildman–Crippen LogP) is 1.75.